The molecule has 1 aromatic rings. The van der Waals surface area contributed by atoms with Crippen molar-refractivity contribution in [2.24, 2.45) is 0 Å². The van der Waals surface area contributed by atoms with Crippen LogP contribution in [-0.2, 0) is 16.1 Å². The summed E-state index contributed by atoms with van der Waals surface area (Å²) in [5.74, 6) is 0.186. The number of hydrogen-bond donors (Lipinski definition) is 0. The standard InChI is InChI=1S/C13H18N4O2/c1-2-3-4-13(18)16-6-5-12-11(8-16)17-10(9-19-12)7-14-15-17/h2,7,11-12H,1,3-6,8-9H2/t11-,12-/m1/s1. The fourth-order valence-corrected chi connectivity index (χ4v) is 2.79. The van der Waals surface area contributed by atoms with Crippen LogP contribution >= 0.6 is 0 Å². The Morgan fingerprint density at radius 2 is 2.53 bits per heavy atom. The average Bonchev–Trinajstić information content (AvgIpc) is 2.93. The molecule has 3 heterocycles. The van der Waals surface area contributed by atoms with Gasteiger partial charge in [0.1, 0.15) is 0 Å². The van der Waals surface area contributed by atoms with Gasteiger partial charge in [0.15, 0.2) is 0 Å². The van der Waals surface area contributed by atoms with Gasteiger partial charge in [0.05, 0.1) is 30.6 Å². The highest BCUT2D eigenvalue weighted by atomic mass is 16.5. The van der Waals surface area contributed by atoms with Gasteiger partial charge in [-0.25, -0.2) is 4.68 Å². The second-order valence-electron chi connectivity index (χ2n) is 5.04. The molecule has 2 aliphatic heterocycles. The molecule has 6 nitrogen and oxygen atoms in total. The Hall–Kier alpha value is -1.69. The summed E-state index contributed by atoms with van der Waals surface area (Å²) in [6, 6.07) is 0.104. The zero-order valence-electron chi connectivity index (χ0n) is 10.9. The molecule has 0 aliphatic carbocycles. The first-order chi connectivity index (χ1) is 9.29. The molecular formula is C13H18N4O2. The van der Waals surface area contributed by atoms with E-state index in [1.54, 1.807) is 12.3 Å². The smallest absolute Gasteiger partial charge is 0.222 e. The molecule has 0 spiro atoms. The predicted octanol–water partition coefficient (Wildman–Crippen LogP) is 0.916. The van der Waals surface area contributed by atoms with Gasteiger partial charge in [-0.05, 0) is 12.8 Å². The highest BCUT2D eigenvalue weighted by Crippen LogP contribution is 2.30. The number of piperidine rings is 1. The van der Waals surface area contributed by atoms with Crippen LogP contribution in [0.25, 0.3) is 0 Å². The van der Waals surface area contributed by atoms with Gasteiger partial charge < -0.3 is 9.64 Å². The summed E-state index contributed by atoms with van der Waals surface area (Å²) < 4.78 is 7.74. The van der Waals surface area contributed by atoms with Gasteiger partial charge in [-0.1, -0.05) is 11.3 Å². The molecule has 0 saturated carbocycles. The SMILES string of the molecule is C=CCCC(=O)N1CC[C@H]2OCc3cnnn3[C@@H]2C1. The molecule has 3 rings (SSSR count). The Balaban J connectivity index is 1.72. The number of amides is 1. The number of likely N-dealkylation sites (tertiary alicyclic amines) is 1. The van der Waals surface area contributed by atoms with Gasteiger partial charge in [-0.15, -0.1) is 11.7 Å². The normalized spacial score (nSPS) is 25.6. The number of carbonyl (C=O) groups is 1. The molecule has 1 fully saturated rings. The van der Waals surface area contributed by atoms with Crippen molar-refractivity contribution in [1.29, 1.82) is 0 Å². The summed E-state index contributed by atoms with van der Waals surface area (Å²) in [5.41, 5.74) is 0.988. The van der Waals surface area contributed by atoms with E-state index in [2.05, 4.69) is 16.9 Å². The van der Waals surface area contributed by atoms with Crippen molar-refractivity contribution in [3.8, 4) is 0 Å². The molecule has 1 aromatic heterocycles. The van der Waals surface area contributed by atoms with Crippen molar-refractivity contribution in [3.05, 3.63) is 24.5 Å². The molecular weight excluding hydrogens is 244 g/mol. The molecule has 102 valence electrons. The number of ether oxygens (including phenoxy) is 1. The van der Waals surface area contributed by atoms with Crippen LogP contribution in [0, 0.1) is 0 Å². The largest absolute Gasteiger partial charge is 0.370 e. The maximum atomic E-state index is 12.1. The maximum absolute atomic E-state index is 12.1. The third-order valence-electron chi connectivity index (χ3n) is 3.84. The van der Waals surface area contributed by atoms with Crippen LogP contribution in [0.2, 0.25) is 0 Å². The first-order valence-electron chi connectivity index (χ1n) is 6.69. The Morgan fingerprint density at radius 3 is 3.37 bits per heavy atom. The van der Waals surface area contributed by atoms with Gasteiger partial charge >= 0.3 is 0 Å². The summed E-state index contributed by atoms with van der Waals surface area (Å²) in [6.07, 6.45) is 5.79. The molecule has 2 atom stereocenters. The minimum absolute atomic E-state index is 0.104. The van der Waals surface area contributed by atoms with E-state index in [4.69, 9.17) is 4.74 Å². The summed E-state index contributed by atoms with van der Waals surface area (Å²) in [5, 5.41) is 8.06. The van der Waals surface area contributed by atoms with Crippen molar-refractivity contribution in [2.75, 3.05) is 13.1 Å². The lowest BCUT2D eigenvalue weighted by molar-refractivity contribution is -0.137. The number of rotatable bonds is 3. The minimum atomic E-state index is 0.104. The first-order valence-corrected chi connectivity index (χ1v) is 6.69. The van der Waals surface area contributed by atoms with Crippen LogP contribution in [0.15, 0.2) is 18.9 Å². The Morgan fingerprint density at radius 1 is 1.63 bits per heavy atom. The van der Waals surface area contributed by atoms with Crippen LogP contribution in [-0.4, -0.2) is 45.0 Å². The molecule has 0 unspecified atom stereocenters. The second kappa shape index (κ2) is 5.13. The van der Waals surface area contributed by atoms with Crippen molar-refractivity contribution >= 4 is 5.91 Å². The third-order valence-corrected chi connectivity index (χ3v) is 3.84. The zero-order valence-corrected chi connectivity index (χ0v) is 10.9. The number of aromatic nitrogens is 3. The van der Waals surface area contributed by atoms with Crippen LogP contribution in [0.3, 0.4) is 0 Å². The molecule has 2 aliphatic rings. The van der Waals surface area contributed by atoms with E-state index in [0.717, 1.165) is 25.1 Å². The summed E-state index contributed by atoms with van der Waals surface area (Å²) in [6.45, 7) is 5.65. The molecule has 0 bridgehead atoms. The van der Waals surface area contributed by atoms with E-state index in [-0.39, 0.29) is 18.1 Å². The summed E-state index contributed by atoms with van der Waals surface area (Å²) >= 11 is 0. The maximum Gasteiger partial charge on any atom is 0.222 e. The number of fused-ring (bicyclic) bond motifs is 3. The van der Waals surface area contributed by atoms with Crippen molar-refractivity contribution in [3.63, 3.8) is 0 Å². The monoisotopic (exact) mass is 262 g/mol. The second-order valence-corrected chi connectivity index (χ2v) is 5.04. The molecule has 0 aromatic carbocycles. The zero-order chi connectivity index (χ0) is 13.2. The Labute approximate surface area is 112 Å². The molecule has 6 heteroatoms. The number of carbonyl (C=O) groups excluding carboxylic acids is 1. The Kier molecular flexibility index (Phi) is 3.33. The minimum Gasteiger partial charge on any atom is -0.370 e. The van der Waals surface area contributed by atoms with Gasteiger partial charge in [-0.2, -0.15) is 0 Å². The van der Waals surface area contributed by atoms with Crippen LogP contribution < -0.4 is 0 Å². The lowest BCUT2D eigenvalue weighted by atomic mass is 10.00. The van der Waals surface area contributed by atoms with Crippen LogP contribution in [0.5, 0.6) is 0 Å². The van der Waals surface area contributed by atoms with E-state index in [0.29, 0.717) is 19.6 Å². The van der Waals surface area contributed by atoms with Crippen molar-refractivity contribution in [2.45, 2.75) is 38.0 Å². The molecule has 19 heavy (non-hydrogen) atoms. The summed E-state index contributed by atoms with van der Waals surface area (Å²) in [4.78, 5) is 14.0. The quantitative estimate of drug-likeness (QED) is 0.760. The van der Waals surface area contributed by atoms with E-state index in [9.17, 15) is 4.79 Å². The molecule has 0 radical (unpaired) electrons. The fourth-order valence-electron chi connectivity index (χ4n) is 2.79. The van der Waals surface area contributed by atoms with E-state index in [1.165, 1.54) is 0 Å². The van der Waals surface area contributed by atoms with Crippen molar-refractivity contribution < 1.29 is 9.53 Å². The van der Waals surface area contributed by atoms with Gasteiger partial charge in [-0.3, -0.25) is 4.79 Å². The molecule has 0 N–H and O–H groups in total. The number of hydrogen-bond acceptors (Lipinski definition) is 4. The molecule has 1 amide bonds. The van der Waals surface area contributed by atoms with Crippen LogP contribution in [0.1, 0.15) is 31.0 Å². The van der Waals surface area contributed by atoms with Crippen LogP contribution in [0.4, 0.5) is 0 Å². The van der Waals surface area contributed by atoms with E-state index < -0.39 is 0 Å². The van der Waals surface area contributed by atoms with Gasteiger partial charge in [0.25, 0.3) is 0 Å². The Bertz CT molecular complexity index is 485. The number of nitrogens with zero attached hydrogens (tertiary/aromatic N) is 4. The summed E-state index contributed by atoms with van der Waals surface area (Å²) in [7, 11) is 0. The molecule has 1 saturated heterocycles. The predicted molar refractivity (Wildman–Crippen MR) is 68.3 cm³/mol. The fraction of sp³-hybridized carbons (Fsp3) is 0.615. The number of allylic oxidation sites excluding steroid dienone is 1. The average molecular weight is 262 g/mol. The van der Waals surface area contributed by atoms with E-state index >= 15 is 0 Å². The third kappa shape index (κ3) is 2.28. The lowest BCUT2D eigenvalue weighted by Gasteiger charge is -2.41. The van der Waals surface area contributed by atoms with Gasteiger partial charge in [0, 0.05) is 19.5 Å². The topological polar surface area (TPSA) is 60.3 Å². The highest BCUT2D eigenvalue weighted by molar-refractivity contribution is 5.76. The highest BCUT2D eigenvalue weighted by Gasteiger charge is 2.37. The van der Waals surface area contributed by atoms with E-state index in [1.807, 2.05) is 9.58 Å². The van der Waals surface area contributed by atoms with Crippen molar-refractivity contribution in [1.82, 2.24) is 19.9 Å². The first kappa shape index (κ1) is 12.3. The lowest BCUT2D eigenvalue weighted by Crippen LogP contribution is -2.49. The van der Waals surface area contributed by atoms with Gasteiger partial charge in [0.2, 0.25) is 5.91 Å².